The van der Waals surface area contributed by atoms with Crippen molar-refractivity contribution in [1.82, 2.24) is 4.90 Å². The highest BCUT2D eigenvalue weighted by atomic mass is 16.5. The van der Waals surface area contributed by atoms with E-state index in [1.54, 1.807) is 0 Å². The fourth-order valence-electron chi connectivity index (χ4n) is 2.46. The lowest BCUT2D eigenvalue weighted by Crippen LogP contribution is -2.44. The first-order chi connectivity index (χ1) is 8.04. The normalized spacial score (nSPS) is 26.1. The molecule has 1 saturated heterocycles. The van der Waals surface area contributed by atoms with Gasteiger partial charge in [0, 0.05) is 25.3 Å². The molecule has 1 aromatic carbocycles. The number of nitrogens with two attached hydrogens (primary N) is 1. The topological polar surface area (TPSA) is 38.5 Å². The van der Waals surface area contributed by atoms with Crippen LogP contribution in [-0.4, -0.2) is 30.2 Å². The smallest absolute Gasteiger partial charge is 0.0678 e. The number of anilines is 1. The Morgan fingerprint density at radius 2 is 1.94 bits per heavy atom. The minimum atomic E-state index is 0.321. The highest BCUT2D eigenvalue weighted by molar-refractivity contribution is 5.48. The Bertz CT molecular complexity index is 382. The third kappa shape index (κ3) is 3.20. The predicted molar refractivity (Wildman–Crippen MR) is 70.9 cm³/mol. The highest BCUT2D eigenvalue weighted by Gasteiger charge is 2.21. The van der Waals surface area contributed by atoms with Crippen molar-refractivity contribution in [3.05, 3.63) is 29.3 Å². The first-order valence-electron chi connectivity index (χ1n) is 6.27. The van der Waals surface area contributed by atoms with Crippen molar-refractivity contribution in [2.45, 2.75) is 39.5 Å². The molecule has 0 radical (unpaired) electrons. The van der Waals surface area contributed by atoms with E-state index < -0.39 is 0 Å². The van der Waals surface area contributed by atoms with E-state index in [0.29, 0.717) is 12.2 Å². The minimum absolute atomic E-state index is 0.321. The molecular formula is C14H22N2O. The predicted octanol–water partition coefficient (Wildman–Crippen LogP) is 2.19. The molecule has 2 N–H and O–H groups in total. The number of benzene rings is 1. The van der Waals surface area contributed by atoms with Crippen LogP contribution in [0.2, 0.25) is 0 Å². The molecule has 0 aliphatic carbocycles. The van der Waals surface area contributed by atoms with Gasteiger partial charge in [-0.1, -0.05) is 12.1 Å². The molecule has 1 heterocycles. The molecule has 1 aromatic rings. The molecule has 1 aliphatic rings. The summed E-state index contributed by atoms with van der Waals surface area (Å²) in [7, 11) is 0. The lowest BCUT2D eigenvalue weighted by molar-refractivity contribution is -0.0704. The Morgan fingerprint density at radius 3 is 2.53 bits per heavy atom. The number of nitrogen functional groups attached to an aromatic ring is 1. The molecule has 0 amide bonds. The van der Waals surface area contributed by atoms with E-state index in [1.807, 2.05) is 6.92 Å². The average molecular weight is 234 g/mol. The van der Waals surface area contributed by atoms with Crippen LogP contribution in [0, 0.1) is 6.92 Å². The van der Waals surface area contributed by atoms with Crippen molar-refractivity contribution in [3.8, 4) is 0 Å². The molecule has 3 nitrogen and oxygen atoms in total. The van der Waals surface area contributed by atoms with Gasteiger partial charge in [-0.3, -0.25) is 4.90 Å². The largest absolute Gasteiger partial charge is 0.399 e. The zero-order valence-corrected chi connectivity index (χ0v) is 10.9. The lowest BCUT2D eigenvalue weighted by atomic mass is 10.1. The number of morpholine rings is 1. The van der Waals surface area contributed by atoms with Gasteiger partial charge in [-0.05, 0) is 38.0 Å². The fourth-order valence-corrected chi connectivity index (χ4v) is 2.46. The molecule has 0 bridgehead atoms. The van der Waals surface area contributed by atoms with Crippen molar-refractivity contribution in [3.63, 3.8) is 0 Å². The molecule has 2 rings (SSSR count). The van der Waals surface area contributed by atoms with Crippen LogP contribution in [0.1, 0.15) is 25.0 Å². The molecule has 3 heteroatoms. The van der Waals surface area contributed by atoms with Gasteiger partial charge in [0.2, 0.25) is 0 Å². The maximum atomic E-state index is 5.94. The Labute approximate surface area is 104 Å². The van der Waals surface area contributed by atoms with Crippen molar-refractivity contribution in [2.24, 2.45) is 0 Å². The van der Waals surface area contributed by atoms with E-state index in [4.69, 9.17) is 10.5 Å². The van der Waals surface area contributed by atoms with E-state index >= 15 is 0 Å². The molecule has 0 unspecified atom stereocenters. The summed E-state index contributed by atoms with van der Waals surface area (Å²) in [5, 5.41) is 0. The summed E-state index contributed by atoms with van der Waals surface area (Å²) in [6, 6.07) is 6.34. The Hall–Kier alpha value is -1.06. The third-order valence-corrected chi connectivity index (χ3v) is 3.25. The first-order valence-corrected chi connectivity index (χ1v) is 6.27. The van der Waals surface area contributed by atoms with Gasteiger partial charge in [0.1, 0.15) is 0 Å². The van der Waals surface area contributed by atoms with Crippen LogP contribution < -0.4 is 5.73 Å². The molecule has 0 saturated carbocycles. The maximum Gasteiger partial charge on any atom is 0.0678 e. The van der Waals surface area contributed by atoms with Crippen LogP contribution in [0.4, 0.5) is 5.69 Å². The van der Waals surface area contributed by atoms with Gasteiger partial charge in [0.05, 0.1) is 12.2 Å². The number of hydrogen-bond donors (Lipinski definition) is 1. The van der Waals surface area contributed by atoms with Gasteiger partial charge in [0.25, 0.3) is 0 Å². The van der Waals surface area contributed by atoms with Crippen LogP contribution in [0.25, 0.3) is 0 Å². The average Bonchev–Trinajstić information content (AvgIpc) is 2.22. The van der Waals surface area contributed by atoms with E-state index in [1.165, 1.54) is 5.56 Å². The molecule has 1 aliphatic heterocycles. The molecule has 1 fully saturated rings. The Morgan fingerprint density at radius 1 is 1.29 bits per heavy atom. The summed E-state index contributed by atoms with van der Waals surface area (Å²) in [6.07, 6.45) is 0.642. The second-order valence-electron chi connectivity index (χ2n) is 5.14. The van der Waals surface area contributed by atoms with Gasteiger partial charge < -0.3 is 10.5 Å². The van der Waals surface area contributed by atoms with Gasteiger partial charge >= 0.3 is 0 Å². The van der Waals surface area contributed by atoms with Gasteiger partial charge in [-0.2, -0.15) is 0 Å². The second kappa shape index (κ2) is 5.07. The number of rotatable bonds is 2. The van der Waals surface area contributed by atoms with E-state index in [9.17, 15) is 0 Å². The zero-order chi connectivity index (χ0) is 12.4. The second-order valence-corrected chi connectivity index (χ2v) is 5.14. The first kappa shape index (κ1) is 12.4. The highest BCUT2D eigenvalue weighted by Crippen LogP contribution is 2.17. The van der Waals surface area contributed by atoms with Crippen LogP contribution in [0.15, 0.2) is 18.2 Å². The maximum absolute atomic E-state index is 5.94. The van der Waals surface area contributed by atoms with Crippen molar-refractivity contribution in [2.75, 3.05) is 18.8 Å². The number of hydrogen-bond acceptors (Lipinski definition) is 3. The number of ether oxygens (including phenoxy) is 1. The monoisotopic (exact) mass is 234 g/mol. The van der Waals surface area contributed by atoms with Crippen molar-refractivity contribution >= 4 is 5.69 Å². The SMILES string of the molecule is Cc1ccc(CN2C[C@@H](C)O[C@@H](C)C2)cc1N. The summed E-state index contributed by atoms with van der Waals surface area (Å²) < 4.78 is 5.73. The summed E-state index contributed by atoms with van der Waals surface area (Å²) in [4.78, 5) is 2.43. The van der Waals surface area contributed by atoms with Gasteiger partial charge in [-0.15, -0.1) is 0 Å². The summed E-state index contributed by atoms with van der Waals surface area (Å²) in [6.45, 7) is 9.26. The fraction of sp³-hybridized carbons (Fsp3) is 0.571. The van der Waals surface area contributed by atoms with Crippen molar-refractivity contribution in [1.29, 1.82) is 0 Å². The minimum Gasteiger partial charge on any atom is -0.399 e. The molecular weight excluding hydrogens is 212 g/mol. The summed E-state index contributed by atoms with van der Waals surface area (Å²) in [5.74, 6) is 0. The summed E-state index contributed by atoms with van der Waals surface area (Å²) >= 11 is 0. The Kier molecular flexibility index (Phi) is 3.69. The van der Waals surface area contributed by atoms with Gasteiger partial charge in [0.15, 0.2) is 0 Å². The van der Waals surface area contributed by atoms with Crippen LogP contribution in [0.3, 0.4) is 0 Å². The molecule has 17 heavy (non-hydrogen) atoms. The van der Waals surface area contributed by atoms with E-state index in [0.717, 1.165) is 30.9 Å². The van der Waals surface area contributed by atoms with Crippen LogP contribution in [0.5, 0.6) is 0 Å². The number of aryl methyl sites for hydroxylation is 1. The van der Waals surface area contributed by atoms with E-state index in [2.05, 4.69) is 36.9 Å². The zero-order valence-electron chi connectivity index (χ0n) is 10.9. The standard InChI is InChI=1S/C14H22N2O/c1-10-4-5-13(6-14(10)15)9-16-7-11(2)17-12(3)8-16/h4-6,11-12H,7-9,15H2,1-3H3/t11-,12+. The number of nitrogens with zero attached hydrogens (tertiary/aromatic N) is 1. The van der Waals surface area contributed by atoms with Crippen molar-refractivity contribution < 1.29 is 4.74 Å². The van der Waals surface area contributed by atoms with E-state index in [-0.39, 0.29) is 0 Å². The Balaban J connectivity index is 2.02. The van der Waals surface area contributed by atoms with Gasteiger partial charge in [-0.25, -0.2) is 0 Å². The molecule has 0 aromatic heterocycles. The molecule has 94 valence electrons. The molecule has 2 atom stereocenters. The van der Waals surface area contributed by atoms with Crippen LogP contribution >= 0.6 is 0 Å². The summed E-state index contributed by atoms with van der Waals surface area (Å²) in [5.41, 5.74) is 9.26. The lowest BCUT2D eigenvalue weighted by Gasteiger charge is -2.35. The van der Waals surface area contributed by atoms with Crippen LogP contribution in [-0.2, 0) is 11.3 Å². The molecule has 0 spiro atoms. The quantitative estimate of drug-likeness (QED) is 0.797. The third-order valence-electron chi connectivity index (χ3n) is 3.25.